The first-order valence-electron chi connectivity index (χ1n) is 8.99. The second-order valence-electron chi connectivity index (χ2n) is 7.66. The van der Waals surface area contributed by atoms with E-state index in [9.17, 15) is 4.79 Å². The molecule has 1 aliphatic heterocycles. The smallest absolute Gasteiger partial charge is 0.220 e. The molecule has 23 heavy (non-hydrogen) atoms. The number of likely N-dealkylation sites (tertiary alicyclic amines) is 1. The highest BCUT2D eigenvalue weighted by Crippen LogP contribution is 2.20. The lowest BCUT2D eigenvalue weighted by Crippen LogP contribution is -2.28. The Hall–Kier alpha value is -1.36. The number of carbonyl (C=O) groups excluding carboxylic acids is 1. The van der Waals surface area contributed by atoms with Gasteiger partial charge in [0, 0.05) is 11.8 Å². The van der Waals surface area contributed by atoms with Gasteiger partial charge in [-0.2, -0.15) is 5.10 Å². The second kappa shape index (κ2) is 8.48. The Balaban J connectivity index is 1.64. The molecule has 1 amide bonds. The SMILES string of the molecule is CC(C)(C)c1cc(CNC(=O)CCCN2CCCCCC2)[nH]n1. The molecular weight excluding hydrogens is 288 g/mol. The Morgan fingerprint density at radius 1 is 1.26 bits per heavy atom. The molecule has 2 rings (SSSR count). The van der Waals surface area contributed by atoms with Gasteiger partial charge in [0.1, 0.15) is 0 Å². The van der Waals surface area contributed by atoms with Gasteiger partial charge in [-0.1, -0.05) is 33.6 Å². The van der Waals surface area contributed by atoms with E-state index in [-0.39, 0.29) is 11.3 Å². The monoisotopic (exact) mass is 320 g/mol. The second-order valence-corrected chi connectivity index (χ2v) is 7.66. The van der Waals surface area contributed by atoms with Crippen molar-refractivity contribution < 1.29 is 4.79 Å². The van der Waals surface area contributed by atoms with Crippen LogP contribution >= 0.6 is 0 Å². The summed E-state index contributed by atoms with van der Waals surface area (Å²) in [5.41, 5.74) is 2.03. The van der Waals surface area contributed by atoms with Crippen molar-refractivity contribution in [2.24, 2.45) is 0 Å². The topological polar surface area (TPSA) is 61.0 Å². The van der Waals surface area contributed by atoms with E-state index < -0.39 is 0 Å². The van der Waals surface area contributed by atoms with Crippen LogP contribution in [0.4, 0.5) is 0 Å². The normalized spacial score (nSPS) is 17.0. The molecule has 0 aliphatic carbocycles. The van der Waals surface area contributed by atoms with Gasteiger partial charge < -0.3 is 10.2 Å². The van der Waals surface area contributed by atoms with Crippen LogP contribution in [0.15, 0.2) is 6.07 Å². The summed E-state index contributed by atoms with van der Waals surface area (Å²) in [4.78, 5) is 14.5. The largest absolute Gasteiger partial charge is 0.350 e. The zero-order valence-electron chi connectivity index (χ0n) is 15.0. The fourth-order valence-electron chi connectivity index (χ4n) is 2.94. The third kappa shape index (κ3) is 6.34. The summed E-state index contributed by atoms with van der Waals surface area (Å²) in [5.74, 6) is 0.131. The molecule has 0 bridgehead atoms. The van der Waals surface area contributed by atoms with Crippen molar-refractivity contribution in [3.8, 4) is 0 Å². The Labute approximate surface area is 140 Å². The van der Waals surface area contributed by atoms with Gasteiger partial charge in [0.05, 0.1) is 17.9 Å². The van der Waals surface area contributed by atoms with Crippen LogP contribution in [-0.4, -0.2) is 40.6 Å². The van der Waals surface area contributed by atoms with Crippen LogP contribution in [0.1, 0.15) is 70.7 Å². The minimum Gasteiger partial charge on any atom is -0.350 e. The van der Waals surface area contributed by atoms with Crippen molar-refractivity contribution in [3.63, 3.8) is 0 Å². The molecule has 0 spiro atoms. The van der Waals surface area contributed by atoms with Crippen molar-refractivity contribution in [1.29, 1.82) is 0 Å². The van der Waals surface area contributed by atoms with Crippen LogP contribution in [0.5, 0.6) is 0 Å². The number of aromatic nitrogens is 2. The number of nitrogens with zero attached hydrogens (tertiary/aromatic N) is 2. The summed E-state index contributed by atoms with van der Waals surface area (Å²) in [5, 5.41) is 10.3. The molecule has 5 heteroatoms. The van der Waals surface area contributed by atoms with Gasteiger partial charge in [0.25, 0.3) is 0 Å². The molecule has 1 aliphatic rings. The number of amides is 1. The number of nitrogens with one attached hydrogen (secondary N) is 2. The molecule has 0 radical (unpaired) electrons. The third-order valence-electron chi connectivity index (χ3n) is 4.45. The standard InChI is InChI=1S/C18H32N4O/c1-18(2,3)16-13-15(20-21-16)14-19-17(23)9-8-12-22-10-6-4-5-7-11-22/h13H,4-12,14H2,1-3H3,(H,19,23)(H,20,21). The van der Waals surface area contributed by atoms with Crippen LogP contribution < -0.4 is 5.32 Å². The highest BCUT2D eigenvalue weighted by Gasteiger charge is 2.17. The fourth-order valence-corrected chi connectivity index (χ4v) is 2.94. The number of hydrogen-bond acceptors (Lipinski definition) is 3. The van der Waals surface area contributed by atoms with Crippen molar-refractivity contribution in [1.82, 2.24) is 20.4 Å². The predicted molar refractivity (Wildman–Crippen MR) is 93.3 cm³/mol. The summed E-state index contributed by atoms with van der Waals surface area (Å²) in [6.45, 7) is 10.4. The van der Waals surface area contributed by atoms with Crippen molar-refractivity contribution >= 4 is 5.91 Å². The fraction of sp³-hybridized carbons (Fsp3) is 0.778. The average Bonchev–Trinajstić information content (AvgIpc) is 2.83. The first-order chi connectivity index (χ1) is 10.9. The van der Waals surface area contributed by atoms with E-state index in [1.807, 2.05) is 6.07 Å². The van der Waals surface area contributed by atoms with Gasteiger partial charge in [-0.05, 0) is 45.0 Å². The van der Waals surface area contributed by atoms with E-state index in [4.69, 9.17) is 0 Å². The number of carbonyl (C=O) groups is 1. The predicted octanol–water partition coefficient (Wildman–Crippen LogP) is 2.98. The summed E-state index contributed by atoms with van der Waals surface area (Å²) in [6.07, 6.45) is 6.89. The molecule has 0 saturated carbocycles. The lowest BCUT2D eigenvalue weighted by atomic mass is 9.92. The highest BCUT2D eigenvalue weighted by atomic mass is 16.1. The van der Waals surface area contributed by atoms with Crippen LogP contribution in [-0.2, 0) is 16.8 Å². The lowest BCUT2D eigenvalue weighted by Gasteiger charge is -2.19. The molecule has 1 aromatic heterocycles. The van der Waals surface area contributed by atoms with E-state index in [0.29, 0.717) is 13.0 Å². The van der Waals surface area contributed by atoms with E-state index >= 15 is 0 Å². The van der Waals surface area contributed by atoms with Gasteiger partial charge in [-0.25, -0.2) is 0 Å². The first kappa shape index (κ1) is 18.0. The Morgan fingerprint density at radius 3 is 2.57 bits per heavy atom. The van der Waals surface area contributed by atoms with Crippen LogP contribution in [0.2, 0.25) is 0 Å². The van der Waals surface area contributed by atoms with Crippen LogP contribution in [0.3, 0.4) is 0 Å². The maximum Gasteiger partial charge on any atom is 0.220 e. The molecule has 2 N–H and O–H groups in total. The molecule has 130 valence electrons. The van der Waals surface area contributed by atoms with Crippen LogP contribution in [0, 0.1) is 0 Å². The highest BCUT2D eigenvalue weighted by molar-refractivity contribution is 5.75. The third-order valence-corrected chi connectivity index (χ3v) is 4.45. The van der Waals surface area contributed by atoms with Gasteiger partial charge in [-0.3, -0.25) is 9.89 Å². The molecule has 2 heterocycles. The van der Waals surface area contributed by atoms with E-state index in [2.05, 4.69) is 41.2 Å². The molecule has 1 aromatic rings. The van der Waals surface area contributed by atoms with Gasteiger partial charge >= 0.3 is 0 Å². The van der Waals surface area contributed by atoms with Gasteiger partial charge in [0.2, 0.25) is 5.91 Å². The van der Waals surface area contributed by atoms with Crippen LogP contribution in [0.25, 0.3) is 0 Å². The van der Waals surface area contributed by atoms with Crippen molar-refractivity contribution in [2.45, 2.75) is 71.3 Å². The quantitative estimate of drug-likeness (QED) is 0.847. The lowest BCUT2D eigenvalue weighted by molar-refractivity contribution is -0.121. The minimum atomic E-state index is 0.0336. The van der Waals surface area contributed by atoms with E-state index in [1.165, 1.54) is 38.8 Å². The molecule has 0 unspecified atom stereocenters. The zero-order chi connectivity index (χ0) is 16.7. The maximum absolute atomic E-state index is 12.0. The molecule has 5 nitrogen and oxygen atoms in total. The molecule has 0 atom stereocenters. The Morgan fingerprint density at radius 2 is 1.96 bits per heavy atom. The van der Waals surface area contributed by atoms with E-state index in [0.717, 1.165) is 24.4 Å². The molecule has 1 fully saturated rings. The summed E-state index contributed by atoms with van der Waals surface area (Å²) in [6, 6.07) is 2.04. The number of rotatable bonds is 6. The first-order valence-corrected chi connectivity index (χ1v) is 8.99. The summed E-state index contributed by atoms with van der Waals surface area (Å²) >= 11 is 0. The number of H-pyrrole nitrogens is 1. The summed E-state index contributed by atoms with van der Waals surface area (Å²) < 4.78 is 0. The summed E-state index contributed by atoms with van der Waals surface area (Å²) in [7, 11) is 0. The Kier molecular flexibility index (Phi) is 6.63. The molecule has 1 saturated heterocycles. The Bertz CT molecular complexity index is 481. The number of aromatic amines is 1. The van der Waals surface area contributed by atoms with Gasteiger partial charge in [-0.15, -0.1) is 0 Å². The van der Waals surface area contributed by atoms with Crippen molar-refractivity contribution in [3.05, 3.63) is 17.5 Å². The number of hydrogen-bond donors (Lipinski definition) is 2. The van der Waals surface area contributed by atoms with Crippen molar-refractivity contribution in [2.75, 3.05) is 19.6 Å². The molecular formula is C18H32N4O. The maximum atomic E-state index is 12.0. The van der Waals surface area contributed by atoms with E-state index in [1.54, 1.807) is 0 Å². The molecule has 0 aromatic carbocycles. The zero-order valence-corrected chi connectivity index (χ0v) is 15.0. The average molecular weight is 320 g/mol. The van der Waals surface area contributed by atoms with Gasteiger partial charge in [0.15, 0.2) is 0 Å². The minimum absolute atomic E-state index is 0.0336.